The zero-order valence-corrected chi connectivity index (χ0v) is 9.39. The van der Waals surface area contributed by atoms with Crippen LogP contribution in [0.2, 0.25) is 0 Å². The van der Waals surface area contributed by atoms with E-state index in [1.807, 2.05) is 6.92 Å². The van der Waals surface area contributed by atoms with Gasteiger partial charge in [0.15, 0.2) is 0 Å². The number of hydrogen-bond acceptors (Lipinski definition) is 3. The maximum atomic E-state index is 9.38. The van der Waals surface area contributed by atoms with Crippen LogP contribution in [0.5, 0.6) is 0 Å². The maximum Gasteiger partial charge on any atom is 0.503 e. The van der Waals surface area contributed by atoms with Crippen LogP contribution in [0.1, 0.15) is 39.5 Å². The first-order valence-corrected chi connectivity index (χ1v) is 5.16. The molecule has 0 saturated carbocycles. The molecule has 0 aliphatic carbocycles. The summed E-state index contributed by atoms with van der Waals surface area (Å²) in [5.41, 5.74) is 0. The van der Waals surface area contributed by atoms with Crippen molar-refractivity contribution in [3.05, 3.63) is 0 Å². The van der Waals surface area contributed by atoms with Crippen molar-refractivity contribution in [3.63, 3.8) is 0 Å². The van der Waals surface area contributed by atoms with Gasteiger partial charge in [-0.1, -0.05) is 26.7 Å². The summed E-state index contributed by atoms with van der Waals surface area (Å²) < 4.78 is 0. The molecule has 0 fully saturated rings. The first-order valence-electron chi connectivity index (χ1n) is 5.16. The van der Waals surface area contributed by atoms with Gasteiger partial charge in [-0.3, -0.25) is 0 Å². The summed E-state index contributed by atoms with van der Waals surface area (Å²) in [6, 6.07) is 0. The smallest absolute Gasteiger partial charge is 0.450 e. The van der Waals surface area contributed by atoms with Crippen molar-refractivity contribution in [3.8, 4) is 0 Å². The first-order chi connectivity index (χ1) is 6.95. The number of unbranched alkanes of at least 4 members (excludes halogenated alkanes) is 1. The number of aliphatic hydroxyl groups is 2. The lowest BCUT2D eigenvalue weighted by Gasteiger charge is -2.16. The molecule has 5 heteroatoms. The average Bonchev–Trinajstić information content (AvgIpc) is 2.13. The normalized spacial score (nSPS) is 13.6. The Morgan fingerprint density at radius 3 is 2.07 bits per heavy atom. The van der Waals surface area contributed by atoms with Gasteiger partial charge in [0.1, 0.15) is 0 Å². The second-order valence-electron chi connectivity index (χ2n) is 3.48. The van der Waals surface area contributed by atoms with E-state index in [1.165, 1.54) is 12.8 Å². The Labute approximate surface area is 90.4 Å². The van der Waals surface area contributed by atoms with E-state index in [1.54, 1.807) is 0 Å². The minimum atomic E-state index is -1.83. The van der Waals surface area contributed by atoms with Gasteiger partial charge in [0.25, 0.3) is 0 Å². The molecule has 0 aromatic rings. The fourth-order valence-electron chi connectivity index (χ4n) is 1.14. The van der Waals surface area contributed by atoms with E-state index >= 15 is 0 Å². The molecule has 0 aromatic carbocycles. The van der Waals surface area contributed by atoms with Crippen LogP contribution in [0.25, 0.3) is 0 Å². The lowest BCUT2D eigenvalue weighted by molar-refractivity contribution is 0.0813. The van der Waals surface area contributed by atoms with Crippen molar-refractivity contribution in [2.45, 2.75) is 45.6 Å². The van der Waals surface area contributed by atoms with Crippen molar-refractivity contribution >= 4 is 6.16 Å². The molecule has 0 aromatic heterocycles. The largest absolute Gasteiger partial charge is 0.503 e. The van der Waals surface area contributed by atoms with Crippen molar-refractivity contribution in [1.29, 1.82) is 0 Å². The molecule has 0 aliphatic rings. The number of rotatable bonds is 6. The number of aliphatic hydroxyl groups excluding tert-OH is 2. The lowest BCUT2D eigenvalue weighted by atomic mass is 9.96. The maximum absolute atomic E-state index is 9.38. The highest BCUT2D eigenvalue weighted by Crippen LogP contribution is 2.14. The van der Waals surface area contributed by atoms with Gasteiger partial charge in [-0.15, -0.1) is 0 Å². The predicted octanol–water partition coefficient (Wildman–Crippen LogP) is 1.78. The Morgan fingerprint density at radius 2 is 1.73 bits per heavy atom. The van der Waals surface area contributed by atoms with E-state index in [4.69, 9.17) is 20.1 Å². The second kappa shape index (κ2) is 11.3. The van der Waals surface area contributed by atoms with Gasteiger partial charge in [-0.05, 0) is 18.8 Å². The van der Waals surface area contributed by atoms with Crippen LogP contribution in [0.3, 0.4) is 0 Å². The van der Waals surface area contributed by atoms with Gasteiger partial charge >= 0.3 is 6.16 Å². The number of hydrogen-bond donors (Lipinski definition) is 4. The predicted molar refractivity (Wildman–Crippen MR) is 57.1 cm³/mol. The van der Waals surface area contributed by atoms with E-state index in [-0.39, 0.29) is 12.7 Å². The minimum Gasteiger partial charge on any atom is -0.450 e. The topological polar surface area (TPSA) is 98.0 Å². The Kier molecular flexibility index (Phi) is 12.5. The van der Waals surface area contributed by atoms with Crippen LogP contribution in [0.15, 0.2) is 0 Å². The summed E-state index contributed by atoms with van der Waals surface area (Å²) in [7, 11) is 0. The summed E-state index contributed by atoms with van der Waals surface area (Å²) in [5.74, 6) is 0.335. The van der Waals surface area contributed by atoms with Crippen molar-refractivity contribution in [2.24, 2.45) is 5.92 Å². The third-order valence-corrected chi connectivity index (χ3v) is 2.09. The summed E-state index contributed by atoms with van der Waals surface area (Å²) in [4.78, 5) is 8.56. The van der Waals surface area contributed by atoms with Crippen LogP contribution >= 0.6 is 0 Å². The summed E-state index contributed by atoms with van der Waals surface area (Å²) in [5, 5.41) is 31.9. The zero-order chi connectivity index (χ0) is 12.3. The van der Waals surface area contributed by atoms with Crippen molar-refractivity contribution in [1.82, 2.24) is 0 Å². The highest BCUT2D eigenvalue weighted by atomic mass is 16.6. The molecule has 0 rings (SSSR count). The Hall–Kier alpha value is -0.810. The quantitative estimate of drug-likeness (QED) is 0.549. The Bertz CT molecular complexity index is 145. The summed E-state index contributed by atoms with van der Waals surface area (Å²) >= 11 is 0. The monoisotopic (exact) mass is 222 g/mol. The van der Waals surface area contributed by atoms with Crippen LogP contribution in [0.4, 0.5) is 4.79 Å². The number of carbonyl (C=O) groups is 1. The molecule has 0 spiro atoms. The Balaban J connectivity index is 0. The fourth-order valence-corrected chi connectivity index (χ4v) is 1.14. The highest BCUT2D eigenvalue weighted by Gasteiger charge is 2.11. The average molecular weight is 222 g/mol. The molecule has 2 atom stereocenters. The molecule has 0 aliphatic heterocycles. The molecular weight excluding hydrogens is 200 g/mol. The van der Waals surface area contributed by atoms with Gasteiger partial charge in [-0.25, -0.2) is 4.79 Å². The number of carboxylic acid groups (broad SMARTS) is 2. The Morgan fingerprint density at radius 1 is 1.27 bits per heavy atom. The summed E-state index contributed by atoms with van der Waals surface area (Å²) in [6.45, 7) is 4.28. The van der Waals surface area contributed by atoms with Crippen LogP contribution in [-0.2, 0) is 0 Å². The molecule has 0 bridgehead atoms. The molecule has 2 unspecified atom stereocenters. The molecule has 0 saturated heterocycles. The van der Waals surface area contributed by atoms with Crippen molar-refractivity contribution < 1.29 is 25.2 Å². The van der Waals surface area contributed by atoms with E-state index in [0.717, 1.165) is 6.42 Å². The van der Waals surface area contributed by atoms with Gasteiger partial charge in [-0.2, -0.15) is 0 Å². The molecule has 4 N–H and O–H groups in total. The second-order valence-corrected chi connectivity index (χ2v) is 3.48. The summed E-state index contributed by atoms with van der Waals surface area (Å²) in [6.07, 6.45) is 1.79. The van der Waals surface area contributed by atoms with E-state index in [0.29, 0.717) is 12.3 Å². The molecular formula is C10H22O5. The molecule has 0 radical (unpaired) electrons. The fraction of sp³-hybridized carbons (Fsp3) is 0.900. The third kappa shape index (κ3) is 15.9. The molecule has 5 nitrogen and oxygen atoms in total. The lowest BCUT2D eigenvalue weighted by Crippen LogP contribution is -2.18. The molecule has 0 amide bonds. The SMILES string of the molecule is CCCCC(C)C(O)CCO.O=C(O)O. The van der Waals surface area contributed by atoms with Crippen LogP contribution < -0.4 is 0 Å². The van der Waals surface area contributed by atoms with Gasteiger partial charge in [0, 0.05) is 6.61 Å². The zero-order valence-electron chi connectivity index (χ0n) is 9.39. The van der Waals surface area contributed by atoms with E-state index in [2.05, 4.69) is 6.92 Å². The van der Waals surface area contributed by atoms with Crippen molar-refractivity contribution in [2.75, 3.05) is 6.61 Å². The minimum absolute atomic E-state index is 0.0949. The third-order valence-electron chi connectivity index (χ3n) is 2.09. The first kappa shape index (κ1) is 16.6. The van der Waals surface area contributed by atoms with Gasteiger partial charge in [0.05, 0.1) is 6.10 Å². The molecule has 0 heterocycles. The highest BCUT2D eigenvalue weighted by molar-refractivity contribution is 5.53. The van der Waals surface area contributed by atoms with Crippen LogP contribution in [-0.4, -0.2) is 39.3 Å². The van der Waals surface area contributed by atoms with Crippen LogP contribution in [0, 0.1) is 5.92 Å². The molecule has 92 valence electrons. The van der Waals surface area contributed by atoms with E-state index in [9.17, 15) is 5.11 Å². The van der Waals surface area contributed by atoms with E-state index < -0.39 is 6.16 Å². The van der Waals surface area contributed by atoms with Gasteiger partial charge < -0.3 is 20.4 Å². The standard InChI is InChI=1S/C9H20O2.CH2O3/c1-3-4-5-8(2)9(11)6-7-10;2-1(3)4/h8-11H,3-7H2,1-2H3;(H2,2,3,4). The molecule has 15 heavy (non-hydrogen) atoms. The van der Waals surface area contributed by atoms with Gasteiger partial charge in [0.2, 0.25) is 0 Å².